The molecule has 2 atom stereocenters. The van der Waals surface area contributed by atoms with E-state index in [0.717, 1.165) is 12.0 Å². The smallest absolute Gasteiger partial charge is 0.328 e. The molecule has 3 aromatic rings. The quantitative estimate of drug-likeness (QED) is 0.398. The molecule has 1 aliphatic rings. The Labute approximate surface area is 185 Å². The zero-order valence-electron chi connectivity index (χ0n) is 18.0. The number of pyridine rings is 1. The first kappa shape index (κ1) is 21.9. The standard InChI is InChI=1S/C24H25F2N3O3/c1-15(2)13-31-24(30)20-11-17(16-3-5-19(25)6-4-16)8-10-29(20)23-22(32-14-28-23)18-7-9-27-21(26)12-18/h3-7,9,12,14-15,17,20H,8,10-11,13H2,1-2H3. The van der Waals surface area contributed by atoms with Gasteiger partial charge in [0, 0.05) is 24.4 Å². The van der Waals surface area contributed by atoms with Gasteiger partial charge in [-0.3, -0.25) is 0 Å². The zero-order valence-corrected chi connectivity index (χ0v) is 18.0. The molecule has 2 aromatic heterocycles. The number of anilines is 1. The highest BCUT2D eigenvalue weighted by Gasteiger charge is 2.38. The number of piperidine rings is 1. The maximum atomic E-state index is 13.7. The minimum Gasteiger partial charge on any atom is -0.464 e. The van der Waals surface area contributed by atoms with Gasteiger partial charge < -0.3 is 14.1 Å². The Bertz CT molecular complexity index is 1070. The van der Waals surface area contributed by atoms with Gasteiger partial charge in [-0.1, -0.05) is 26.0 Å². The Morgan fingerprint density at radius 3 is 2.72 bits per heavy atom. The van der Waals surface area contributed by atoms with E-state index >= 15 is 0 Å². The monoisotopic (exact) mass is 441 g/mol. The molecule has 0 bridgehead atoms. The maximum absolute atomic E-state index is 13.7. The molecule has 1 aliphatic heterocycles. The van der Waals surface area contributed by atoms with E-state index in [-0.39, 0.29) is 23.6 Å². The number of hydrogen-bond donors (Lipinski definition) is 0. The van der Waals surface area contributed by atoms with E-state index in [2.05, 4.69) is 9.97 Å². The van der Waals surface area contributed by atoms with Crippen LogP contribution in [-0.2, 0) is 9.53 Å². The summed E-state index contributed by atoms with van der Waals surface area (Å²) in [6.07, 6.45) is 3.86. The molecule has 0 aliphatic carbocycles. The van der Waals surface area contributed by atoms with E-state index in [4.69, 9.17) is 9.15 Å². The molecule has 0 N–H and O–H groups in total. The highest BCUT2D eigenvalue weighted by Crippen LogP contribution is 2.38. The number of ether oxygens (including phenoxy) is 1. The number of nitrogens with zero attached hydrogens (tertiary/aromatic N) is 3. The first-order chi connectivity index (χ1) is 15.4. The summed E-state index contributed by atoms with van der Waals surface area (Å²) >= 11 is 0. The lowest BCUT2D eigenvalue weighted by molar-refractivity contribution is -0.147. The number of halogens is 2. The molecule has 1 aromatic carbocycles. The summed E-state index contributed by atoms with van der Waals surface area (Å²) in [6, 6.07) is 8.67. The molecule has 32 heavy (non-hydrogen) atoms. The first-order valence-electron chi connectivity index (χ1n) is 10.7. The van der Waals surface area contributed by atoms with Crippen molar-refractivity contribution in [2.75, 3.05) is 18.1 Å². The van der Waals surface area contributed by atoms with Gasteiger partial charge in [0.2, 0.25) is 5.95 Å². The Morgan fingerprint density at radius 2 is 2.00 bits per heavy atom. The summed E-state index contributed by atoms with van der Waals surface area (Å²) in [5.74, 6) is -0.180. The number of rotatable bonds is 6. The van der Waals surface area contributed by atoms with Crippen LogP contribution in [-0.4, -0.2) is 35.1 Å². The van der Waals surface area contributed by atoms with Gasteiger partial charge in [0.15, 0.2) is 18.0 Å². The fourth-order valence-electron chi connectivity index (χ4n) is 4.01. The van der Waals surface area contributed by atoms with Crippen LogP contribution >= 0.6 is 0 Å². The van der Waals surface area contributed by atoms with Crippen molar-refractivity contribution in [2.24, 2.45) is 5.92 Å². The predicted molar refractivity (Wildman–Crippen MR) is 115 cm³/mol. The topological polar surface area (TPSA) is 68.5 Å². The van der Waals surface area contributed by atoms with Gasteiger partial charge in [-0.05, 0) is 48.4 Å². The van der Waals surface area contributed by atoms with E-state index in [0.29, 0.717) is 36.7 Å². The lowest BCUT2D eigenvalue weighted by Crippen LogP contribution is -2.48. The normalized spacial score (nSPS) is 18.7. The van der Waals surface area contributed by atoms with Gasteiger partial charge in [0.25, 0.3) is 0 Å². The summed E-state index contributed by atoms with van der Waals surface area (Å²) in [4.78, 5) is 22.9. The summed E-state index contributed by atoms with van der Waals surface area (Å²) in [6.45, 7) is 4.77. The molecular weight excluding hydrogens is 416 g/mol. The van der Waals surface area contributed by atoms with Gasteiger partial charge in [-0.25, -0.2) is 14.2 Å². The number of hydrogen-bond acceptors (Lipinski definition) is 6. The van der Waals surface area contributed by atoms with Crippen LogP contribution in [0, 0.1) is 17.7 Å². The van der Waals surface area contributed by atoms with Crippen molar-refractivity contribution in [1.29, 1.82) is 0 Å². The van der Waals surface area contributed by atoms with Crippen LogP contribution in [0.3, 0.4) is 0 Å². The molecule has 4 rings (SSSR count). The second-order valence-corrected chi connectivity index (χ2v) is 8.38. The lowest BCUT2D eigenvalue weighted by Gasteiger charge is -2.38. The molecule has 1 saturated heterocycles. The molecule has 1 fully saturated rings. The third kappa shape index (κ3) is 4.79. The number of carbonyl (C=O) groups excluding carboxylic acids is 1. The minimum absolute atomic E-state index is 0.0668. The summed E-state index contributed by atoms with van der Waals surface area (Å²) < 4.78 is 38.2. The second-order valence-electron chi connectivity index (χ2n) is 8.38. The van der Waals surface area contributed by atoms with E-state index in [1.807, 2.05) is 18.7 Å². The zero-order chi connectivity index (χ0) is 22.7. The van der Waals surface area contributed by atoms with Crippen molar-refractivity contribution in [3.63, 3.8) is 0 Å². The fraction of sp³-hybridized carbons (Fsp3) is 0.375. The number of esters is 1. The molecule has 0 spiro atoms. The van der Waals surface area contributed by atoms with E-state index < -0.39 is 12.0 Å². The fourth-order valence-corrected chi connectivity index (χ4v) is 4.01. The number of aromatic nitrogens is 2. The van der Waals surface area contributed by atoms with Crippen LogP contribution in [0.25, 0.3) is 11.3 Å². The Morgan fingerprint density at radius 1 is 1.22 bits per heavy atom. The number of oxazole rings is 1. The third-order valence-corrected chi connectivity index (χ3v) is 5.58. The molecule has 2 unspecified atom stereocenters. The molecule has 6 nitrogen and oxygen atoms in total. The van der Waals surface area contributed by atoms with Crippen LogP contribution < -0.4 is 4.90 Å². The van der Waals surface area contributed by atoms with Gasteiger partial charge in [-0.2, -0.15) is 9.37 Å². The van der Waals surface area contributed by atoms with Crippen molar-refractivity contribution in [1.82, 2.24) is 9.97 Å². The number of benzene rings is 1. The Hall–Kier alpha value is -3.29. The van der Waals surface area contributed by atoms with Gasteiger partial charge in [0.1, 0.15) is 11.9 Å². The van der Waals surface area contributed by atoms with Crippen LogP contribution in [0.2, 0.25) is 0 Å². The van der Waals surface area contributed by atoms with Crippen molar-refractivity contribution in [3.8, 4) is 11.3 Å². The highest BCUT2D eigenvalue weighted by atomic mass is 19.1. The average Bonchev–Trinajstić information content (AvgIpc) is 3.27. The van der Waals surface area contributed by atoms with Gasteiger partial charge >= 0.3 is 5.97 Å². The first-order valence-corrected chi connectivity index (χ1v) is 10.7. The van der Waals surface area contributed by atoms with Crippen LogP contribution in [0.1, 0.15) is 38.2 Å². The summed E-state index contributed by atoms with van der Waals surface area (Å²) in [5, 5.41) is 0. The van der Waals surface area contributed by atoms with Crippen molar-refractivity contribution >= 4 is 11.8 Å². The van der Waals surface area contributed by atoms with Crippen LogP contribution in [0.5, 0.6) is 0 Å². The Balaban J connectivity index is 1.64. The van der Waals surface area contributed by atoms with Crippen molar-refractivity contribution in [3.05, 3.63) is 66.3 Å². The highest BCUT2D eigenvalue weighted by molar-refractivity contribution is 5.82. The van der Waals surface area contributed by atoms with Crippen molar-refractivity contribution in [2.45, 2.75) is 38.6 Å². The maximum Gasteiger partial charge on any atom is 0.328 e. The minimum atomic E-state index is -0.632. The van der Waals surface area contributed by atoms with Crippen molar-refractivity contribution < 1.29 is 22.7 Å². The third-order valence-electron chi connectivity index (χ3n) is 5.58. The van der Waals surface area contributed by atoms with Crippen LogP contribution in [0.15, 0.2) is 53.4 Å². The number of carbonyl (C=O) groups is 1. The molecule has 8 heteroatoms. The largest absolute Gasteiger partial charge is 0.464 e. The average molecular weight is 441 g/mol. The summed E-state index contributed by atoms with van der Waals surface area (Å²) in [5.41, 5.74) is 1.46. The summed E-state index contributed by atoms with van der Waals surface area (Å²) in [7, 11) is 0. The molecule has 168 valence electrons. The molecule has 3 heterocycles. The lowest BCUT2D eigenvalue weighted by atomic mass is 9.85. The molecule has 0 radical (unpaired) electrons. The second kappa shape index (κ2) is 9.46. The Kier molecular flexibility index (Phi) is 6.48. The molecular formula is C24H25F2N3O3. The predicted octanol–water partition coefficient (Wildman–Crippen LogP) is 4.97. The van der Waals surface area contributed by atoms with Gasteiger partial charge in [-0.15, -0.1) is 0 Å². The van der Waals surface area contributed by atoms with E-state index in [1.165, 1.54) is 30.8 Å². The van der Waals surface area contributed by atoms with Gasteiger partial charge in [0.05, 0.1) is 6.61 Å². The van der Waals surface area contributed by atoms with E-state index in [9.17, 15) is 13.6 Å². The van der Waals surface area contributed by atoms with E-state index in [1.54, 1.807) is 18.2 Å². The SMILES string of the molecule is CC(C)COC(=O)C1CC(c2ccc(F)cc2)CCN1c1ncoc1-c1ccnc(F)c1. The van der Waals surface area contributed by atoms with Crippen LogP contribution in [0.4, 0.5) is 14.6 Å². The molecule has 0 saturated carbocycles. The molecule has 0 amide bonds.